The van der Waals surface area contributed by atoms with Crippen LogP contribution in [-0.4, -0.2) is 57.0 Å². The second-order valence-electron chi connectivity index (χ2n) is 9.94. The fourth-order valence-electron chi connectivity index (χ4n) is 4.28. The Morgan fingerprint density at radius 3 is 2.12 bits per heavy atom. The van der Waals surface area contributed by atoms with E-state index in [1.807, 2.05) is 13.8 Å². The van der Waals surface area contributed by atoms with Gasteiger partial charge in [-0.3, -0.25) is 13.9 Å². The first-order valence-corrected chi connectivity index (χ1v) is 15.0. The molecule has 1 aliphatic rings. The lowest BCUT2D eigenvalue weighted by Crippen LogP contribution is -2.52. The molecule has 0 fully saturated rings. The van der Waals surface area contributed by atoms with Gasteiger partial charge in [-0.1, -0.05) is 19.1 Å². The summed E-state index contributed by atoms with van der Waals surface area (Å²) < 4.78 is 67.3. The molecule has 1 heterocycles. The molecular weight excluding hydrogens is 568 g/mol. The first-order valence-electron chi connectivity index (χ1n) is 13.5. The van der Waals surface area contributed by atoms with Gasteiger partial charge in [-0.15, -0.1) is 0 Å². The van der Waals surface area contributed by atoms with Gasteiger partial charge in [0, 0.05) is 18.7 Å². The maximum Gasteiger partial charge on any atom is 0.264 e. The number of carbonyl (C=O) groups is 2. The smallest absolute Gasteiger partial charge is 0.264 e. The number of halogens is 2. The second kappa shape index (κ2) is 13.2. The van der Waals surface area contributed by atoms with E-state index in [4.69, 9.17) is 9.47 Å². The molecule has 9 nitrogen and oxygen atoms in total. The van der Waals surface area contributed by atoms with E-state index < -0.39 is 46.1 Å². The second-order valence-corrected chi connectivity index (χ2v) is 11.8. The minimum Gasteiger partial charge on any atom is -0.486 e. The van der Waals surface area contributed by atoms with Crippen molar-refractivity contribution in [1.82, 2.24) is 10.2 Å². The van der Waals surface area contributed by atoms with Crippen LogP contribution in [0.15, 0.2) is 71.6 Å². The molecule has 3 aromatic rings. The Bertz CT molecular complexity index is 1520. The molecule has 42 heavy (non-hydrogen) atoms. The molecule has 0 spiro atoms. The van der Waals surface area contributed by atoms with Crippen molar-refractivity contribution in [1.29, 1.82) is 0 Å². The Hall–Kier alpha value is -4.19. The summed E-state index contributed by atoms with van der Waals surface area (Å²) in [6.45, 7) is 5.04. The minimum absolute atomic E-state index is 0.0399. The summed E-state index contributed by atoms with van der Waals surface area (Å²) >= 11 is 0. The van der Waals surface area contributed by atoms with Gasteiger partial charge in [-0.05, 0) is 74.4 Å². The van der Waals surface area contributed by atoms with E-state index in [-0.39, 0.29) is 35.5 Å². The van der Waals surface area contributed by atoms with Gasteiger partial charge in [0.05, 0.1) is 10.6 Å². The topological polar surface area (TPSA) is 105 Å². The molecule has 0 aromatic heterocycles. The number of anilines is 1. The van der Waals surface area contributed by atoms with Crippen LogP contribution in [0.5, 0.6) is 11.5 Å². The lowest BCUT2D eigenvalue weighted by Gasteiger charge is -2.32. The predicted molar refractivity (Wildman–Crippen MR) is 153 cm³/mol. The van der Waals surface area contributed by atoms with Crippen molar-refractivity contribution in [2.45, 2.75) is 50.7 Å². The van der Waals surface area contributed by atoms with Gasteiger partial charge in [0.25, 0.3) is 10.0 Å². The number of amides is 2. The highest BCUT2D eigenvalue weighted by molar-refractivity contribution is 7.92. The zero-order valence-electron chi connectivity index (χ0n) is 23.5. The van der Waals surface area contributed by atoms with E-state index in [2.05, 4.69) is 5.32 Å². The average Bonchev–Trinajstić information content (AvgIpc) is 2.99. The van der Waals surface area contributed by atoms with Gasteiger partial charge < -0.3 is 19.7 Å². The molecule has 0 saturated carbocycles. The van der Waals surface area contributed by atoms with E-state index in [1.54, 1.807) is 0 Å². The van der Waals surface area contributed by atoms with Gasteiger partial charge in [-0.25, -0.2) is 17.2 Å². The van der Waals surface area contributed by atoms with E-state index >= 15 is 0 Å². The molecule has 1 aliphatic heterocycles. The Morgan fingerprint density at radius 2 is 1.50 bits per heavy atom. The van der Waals surface area contributed by atoms with Crippen LogP contribution < -0.4 is 19.1 Å². The van der Waals surface area contributed by atoms with Crippen LogP contribution in [0.2, 0.25) is 0 Å². The summed E-state index contributed by atoms with van der Waals surface area (Å²) in [5.41, 5.74) is 0.578. The van der Waals surface area contributed by atoms with E-state index in [1.165, 1.54) is 66.4 Å². The zero-order chi connectivity index (χ0) is 30.4. The van der Waals surface area contributed by atoms with Gasteiger partial charge in [0.15, 0.2) is 11.5 Å². The number of hydrogen-bond donors (Lipinski definition) is 1. The molecular formula is C30H33F2N3O6S. The maximum absolute atomic E-state index is 14.0. The fourth-order valence-corrected chi connectivity index (χ4v) is 5.71. The summed E-state index contributed by atoms with van der Waals surface area (Å²) in [5, 5.41) is 2.84. The summed E-state index contributed by atoms with van der Waals surface area (Å²) in [5.74, 6) is -1.56. The highest BCUT2D eigenvalue weighted by atomic mass is 32.2. The summed E-state index contributed by atoms with van der Waals surface area (Å²) in [4.78, 5) is 28.1. The summed E-state index contributed by atoms with van der Waals surface area (Å²) in [6, 6.07) is 13.1. The highest BCUT2D eigenvalue weighted by Crippen LogP contribution is 2.34. The molecule has 1 N–H and O–H groups in total. The number of sulfonamides is 1. The predicted octanol–water partition coefficient (Wildman–Crippen LogP) is 4.26. The Morgan fingerprint density at radius 1 is 0.905 bits per heavy atom. The number of fused-ring (bicyclic) bond motifs is 1. The van der Waals surface area contributed by atoms with Crippen LogP contribution in [0.1, 0.15) is 32.8 Å². The van der Waals surface area contributed by atoms with Crippen molar-refractivity contribution in [3.63, 3.8) is 0 Å². The normalized spacial score (nSPS) is 14.0. The zero-order valence-corrected chi connectivity index (χ0v) is 24.4. The third-order valence-corrected chi connectivity index (χ3v) is 8.70. The summed E-state index contributed by atoms with van der Waals surface area (Å²) in [7, 11) is -4.40. The van der Waals surface area contributed by atoms with Crippen LogP contribution in [0.4, 0.5) is 14.5 Å². The number of carbonyl (C=O) groups excluding carboxylic acids is 2. The van der Waals surface area contributed by atoms with Crippen LogP contribution in [0.3, 0.4) is 0 Å². The quantitative estimate of drug-likeness (QED) is 0.352. The molecule has 0 radical (unpaired) electrons. The van der Waals surface area contributed by atoms with Crippen LogP contribution in [0, 0.1) is 11.6 Å². The van der Waals surface area contributed by atoms with Crippen molar-refractivity contribution < 1.29 is 36.3 Å². The molecule has 224 valence electrons. The van der Waals surface area contributed by atoms with Crippen molar-refractivity contribution >= 4 is 27.5 Å². The van der Waals surface area contributed by atoms with Crippen LogP contribution in [-0.2, 0) is 26.2 Å². The number of rotatable bonds is 11. The Kier molecular flexibility index (Phi) is 9.66. The highest BCUT2D eigenvalue weighted by Gasteiger charge is 2.33. The standard InChI is InChI=1S/C30H33F2N3O6S/c1-4-20(2)33-30(37)21(3)34(18-22-5-7-23(31)8-6-22)29(36)19-35(25-11-9-24(32)10-12-25)42(38,39)26-13-14-27-28(17-26)41-16-15-40-27/h5-14,17,20-21H,4,15-16,18-19H2,1-3H3,(H,33,37). The Balaban J connectivity index is 1.71. The lowest BCUT2D eigenvalue weighted by molar-refractivity contribution is -0.139. The van der Waals surface area contributed by atoms with E-state index in [0.29, 0.717) is 24.3 Å². The number of nitrogens with zero attached hydrogens (tertiary/aromatic N) is 2. The average molecular weight is 602 g/mol. The lowest BCUT2D eigenvalue weighted by atomic mass is 10.1. The SMILES string of the molecule is CCC(C)NC(=O)C(C)N(Cc1ccc(F)cc1)C(=O)CN(c1ccc(F)cc1)S(=O)(=O)c1ccc2c(c1)OCCO2. The number of ether oxygens (including phenoxy) is 2. The van der Waals surface area contributed by atoms with Crippen LogP contribution >= 0.6 is 0 Å². The number of hydrogen-bond acceptors (Lipinski definition) is 6. The van der Waals surface area contributed by atoms with Gasteiger partial charge in [-0.2, -0.15) is 0 Å². The molecule has 2 unspecified atom stereocenters. The van der Waals surface area contributed by atoms with Crippen molar-refractivity contribution in [3.05, 3.63) is 83.9 Å². The monoisotopic (exact) mass is 601 g/mol. The van der Waals surface area contributed by atoms with Gasteiger partial charge >= 0.3 is 0 Å². The number of benzene rings is 3. The molecule has 0 aliphatic carbocycles. The summed E-state index contributed by atoms with van der Waals surface area (Å²) in [6.07, 6.45) is 0.663. The minimum atomic E-state index is -4.40. The van der Waals surface area contributed by atoms with Crippen molar-refractivity contribution in [2.24, 2.45) is 0 Å². The first-order chi connectivity index (χ1) is 20.0. The number of nitrogens with one attached hydrogen (secondary N) is 1. The first kappa shape index (κ1) is 30.8. The van der Waals surface area contributed by atoms with Gasteiger partial charge in [0.1, 0.15) is 37.4 Å². The van der Waals surface area contributed by atoms with Crippen molar-refractivity contribution in [2.75, 3.05) is 24.1 Å². The Labute approximate surface area is 244 Å². The molecule has 4 rings (SSSR count). The third kappa shape index (κ3) is 7.17. The molecule has 0 bridgehead atoms. The largest absolute Gasteiger partial charge is 0.486 e. The van der Waals surface area contributed by atoms with Crippen LogP contribution in [0.25, 0.3) is 0 Å². The fraction of sp³-hybridized carbons (Fsp3) is 0.333. The van der Waals surface area contributed by atoms with E-state index in [9.17, 15) is 26.8 Å². The molecule has 3 aromatic carbocycles. The molecule has 0 saturated heterocycles. The maximum atomic E-state index is 14.0. The van der Waals surface area contributed by atoms with Gasteiger partial charge in [0.2, 0.25) is 11.8 Å². The molecule has 2 amide bonds. The molecule has 2 atom stereocenters. The third-order valence-electron chi connectivity index (χ3n) is 6.93. The van der Waals surface area contributed by atoms with Crippen molar-refractivity contribution in [3.8, 4) is 11.5 Å². The molecule has 12 heteroatoms. The van der Waals surface area contributed by atoms with E-state index in [0.717, 1.165) is 16.4 Å².